The van der Waals surface area contributed by atoms with E-state index in [0.717, 1.165) is 0 Å². The molecule has 2 amide bonds. The largest absolute Gasteiger partial charge is 0.497 e. The van der Waals surface area contributed by atoms with Crippen LogP contribution in [0.1, 0.15) is 38.1 Å². The van der Waals surface area contributed by atoms with Gasteiger partial charge in [0.1, 0.15) is 12.3 Å². The summed E-state index contributed by atoms with van der Waals surface area (Å²) in [6.07, 6.45) is 0. The summed E-state index contributed by atoms with van der Waals surface area (Å²) in [7, 11) is 1.56. The molecule has 8 heteroatoms. The average Bonchev–Trinajstić information content (AvgIpc) is 2.79. The molecule has 32 heavy (non-hydrogen) atoms. The smallest absolute Gasteiger partial charge is 0.254 e. The molecule has 0 fully saturated rings. The molecule has 0 saturated heterocycles. The lowest BCUT2D eigenvalue weighted by Crippen LogP contribution is -2.37. The minimum Gasteiger partial charge on any atom is -0.497 e. The highest BCUT2D eigenvalue weighted by atomic mass is 16.5. The fourth-order valence-electron chi connectivity index (χ4n) is 3.10. The van der Waals surface area contributed by atoms with Crippen LogP contribution in [0.2, 0.25) is 0 Å². The van der Waals surface area contributed by atoms with Gasteiger partial charge in [0.2, 0.25) is 11.7 Å². The van der Waals surface area contributed by atoms with Crippen molar-refractivity contribution >= 4 is 17.5 Å². The third-order valence-electron chi connectivity index (χ3n) is 4.51. The van der Waals surface area contributed by atoms with E-state index in [1.54, 1.807) is 43.5 Å². The van der Waals surface area contributed by atoms with Crippen LogP contribution in [0.4, 0.5) is 5.69 Å². The topological polar surface area (TPSA) is 86.3 Å². The SMILES string of the molecule is CCOc1cc(C(=O)N(CC)CC(=O)Nc2cccc(OC)c2)cc(OCC)c1OCC. The second-order valence-electron chi connectivity index (χ2n) is 6.70. The van der Waals surface area contributed by atoms with E-state index in [4.69, 9.17) is 18.9 Å². The molecule has 0 heterocycles. The van der Waals surface area contributed by atoms with Gasteiger partial charge in [-0.05, 0) is 52.0 Å². The average molecular weight is 445 g/mol. The van der Waals surface area contributed by atoms with Gasteiger partial charge in [-0.15, -0.1) is 0 Å². The number of hydrogen-bond acceptors (Lipinski definition) is 6. The van der Waals surface area contributed by atoms with Crippen LogP contribution in [0, 0.1) is 0 Å². The zero-order valence-corrected chi connectivity index (χ0v) is 19.4. The van der Waals surface area contributed by atoms with Crippen LogP contribution >= 0.6 is 0 Å². The highest BCUT2D eigenvalue weighted by Gasteiger charge is 2.23. The Morgan fingerprint density at radius 2 is 1.53 bits per heavy atom. The molecule has 0 aliphatic rings. The van der Waals surface area contributed by atoms with Gasteiger partial charge in [-0.25, -0.2) is 0 Å². The first-order chi connectivity index (χ1) is 15.5. The Balaban J connectivity index is 2.24. The molecule has 0 spiro atoms. The number of likely N-dealkylation sites (N-methyl/N-ethyl adjacent to an activating group) is 1. The molecule has 0 aromatic heterocycles. The summed E-state index contributed by atoms with van der Waals surface area (Å²) in [4.78, 5) is 27.3. The van der Waals surface area contributed by atoms with Gasteiger partial charge < -0.3 is 29.2 Å². The summed E-state index contributed by atoms with van der Waals surface area (Å²) in [6.45, 7) is 8.88. The number of anilines is 1. The van der Waals surface area contributed by atoms with Crippen molar-refractivity contribution in [1.29, 1.82) is 0 Å². The van der Waals surface area contributed by atoms with Crippen LogP contribution < -0.4 is 24.3 Å². The quantitative estimate of drug-likeness (QED) is 0.533. The maximum absolute atomic E-state index is 13.2. The molecule has 2 aromatic rings. The van der Waals surface area contributed by atoms with Crippen LogP contribution in [0.25, 0.3) is 0 Å². The van der Waals surface area contributed by atoms with Crippen molar-refractivity contribution in [2.45, 2.75) is 27.7 Å². The van der Waals surface area contributed by atoms with Crippen molar-refractivity contribution in [3.8, 4) is 23.0 Å². The molecule has 0 aliphatic carbocycles. The number of amides is 2. The van der Waals surface area contributed by atoms with E-state index in [-0.39, 0.29) is 18.4 Å². The molecule has 0 radical (unpaired) electrons. The van der Waals surface area contributed by atoms with Crippen LogP contribution in [0.5, 0.6) is 23.0 Å². The number of hydrogen-bond donors (Lipinski definition) is 1. The molecule has 174 valence electrons. The number of carbonyl (C=O) groups excluding carboxylic acids is 2. The molecule has 0 atom stereocenters. The predicted molar refractivity (Wildman–Crippen MR) is 123 cm³/mol. The van der Waals surface area contributed by atoms with Gasteiger partial charge in [-0.2, -0.15) is 0 Å². The van der Waals surface area contributed by atoms with Gasteiger partial charge in [0.25, 0.3) is 5.91 Å². The van der Waals surface area contributed by atoms with E-state index in [0.29, 0.717) is 60.6 Å². The third-order valence-corrected chi connectivity index (χ3v) is 4.51. The zero-order chi connectivity index (χ0) is 23.5. The monoisotopic (exact) mass is 444 g/mol. The van der Waals surface area contributed by atoms with Gasteiger partial charge >= 0.3 is 0 Å². The minimum absolute atomic E-state index is 0.103. The Bertz CT molecular complexity index is 888. The van der Waals surface area contributed by atoms with Crippen LogP contribution in [0.3, 0.4) is 0 Å². The van der Waals surface area contributed by atoms with Crippen molar-refractivity contribution in [2.75, 3.05) is 45.3 Å². The summed E-state index contributed by atoms with van der Waals surface area (Å²) in [6, 6.07) is 10.3. The molecule has 0 aliphatic heterocycles. The van der Waals surface area contributed by atoms with Crippen LogP contribution in [0.15, 0.2) is 36.4 Å². The van der Waals surface area contributed by atoms with E-state index in [1.807, 2.05) is 27.7 Å². The maximum Gasteiger partial charge on any atom is 0.254 e. The third kappa shape index (κ3) is 6.54. The number of nitrogens with zero attached hydrogens (tertiary/aromatic N) is 1. The van der Waals surface area contributed by atoms with E-state index in [1.165, 1.54) is 4.90 Å². The second-order valence-corrected chi connectivity index (χ2v) is 6.70. The van der Waals surface area contributed by atoms with E-state index < -0.39 is 0 Å². The Morgan fingerprint density at radius 1 is 0.906 bits per heavy atom. The summed E-state index contributed by atoms with van der Waals surface area (Å²) < 4.78 is 22.3. The second kappa shape index (κ2) is 12.4. The summed E-state index contributed by atoms with van der Waals surface area (Å²) in [5.41, 5.74) is 0.951. The molecule has 2 rings (SSSR count). The molecule has 0 saturated carbocycles. The first kappa shape index (κ1) is 24.8. The molecular formula is C24H32N2O6. The van der Waals surface area contributed by atoms with Gasteiger partial charge in [-0.3, -0.25) is 9.59 Å². The zero-order valence-electron chi connectivity index (χ0n) is 19.4. The molecule has 0 unspecified atom stereocenters. The highest BCUT2D eigenvalue weighted by Crippen LogP contribution is 2.39. The first-order valence-corrected chi connectivity index (χ1v) is 10.8. The molecule has 2 aromatic carbocycles. The van der Waals surface area contributed by atoms with E-state index >= 15 is 0 Å². The summed E-state index contributed by atoms with van der Waals surface area (Å²) in [5, 5.41) is 2.79. The van der Waals surface area contributed by atoms with Crippen LogP contribution in [-0.2, 0) is 4.79 Å². The van der Waals surface area contributed by atoms with Crippen molar-refractivity contribution in [2.24, 2.45) is 0 Å². The van der Waals surface area contributed by atoms with Crippen molar-refractivity contribution in [3.63, 3.8) is 0 Å². The lowest BCUT2D eigenvalue weighted by atomic mass is 10.1. The van der Waals surface area contributed by atoms with E-state index in [9.17, 15) is 9.59 Å². The number of benzene rings is 2. The minimum atomic E-state index is -0.311. The lowest BCUT2D eigenvalue weighted by molar-refractivity contribution is -0.116. The molecule has 0 bridgehead atoms. The molecular weight excluding hydrogens is 412 g/mol. The number of ether oxygens (including phenoxy) is 4. The summed E-state index contributed by atoms with van der Waals surface area (Å²) >= 11 is 0. The van der Waals surface area contributed by atoms with E-state index in [2.05, 4.69) is 5.32 Å². The number of nitrogens with one attached hydrogen (secondary N) is 1. The standard InChI is InChI=1S/C24H32N2O6/c1-6-26(16-22(27)25-18-11-10-12-19(15-18)29-5)24(28)17-13-20(30-7-2)23(32-9-4)21(14-17)31-8-3/h10-15H,6-9,16H2,1-5H3,(H,25,27). The van der Waals surface area contributed by atoms with Gasteiger partial charge in [0.05, 0.1) is 26.9 Å². The summed E-state index contributed by atoms with van der Waals surface area (Å²) in [5.74, 6) is 1.34. The Hall–Kier alpha value is -3.42. The van der Waals surface area contributed by atoms with Gasteiger partial charge in [-0.1, -0.05) is 6.07 Å². The molecule has 8 nitrogen and oxygen atoms in total. The maximum atomic E-state index is 13.2. The molecule has 1 N–H and O–H groups in total. The van der Waals surface area contributed by atoms with Crippen molar-refractivity contribution in [1.82, 2.24) is 4.90 Å². The normalized spacial score (nSPS) is 10.3. The van der Waals surface area contributed by atoms with Gasteiger partial charge in [0.15, 0.2) is 11.5 Å². The number of carbonyl (C=O) groups is 2. The number of rotatable bonds is 12. The fraction of sp³-hybridized carbons (Fsp3) is 0.417. The van der Waals surface area contributed by atoms with Crippen LogP contribution in [-0.4, -0.2) is 56.7 Å². The van der Waals surface area contributed by atoms with Crippen molar-refractivity contribution < 1.29 is 28.5 Å². The Morgan fingerprint density at radius 3 is 2.06 bits per heavy atom. The highest BCUT2D eigenvalue weighted by molar-refractivity contribution is 6.00. The Labute approximate surface area is 189 Å². The lowest BCUT2D eigenvalue weighted by Gasteiger charge is -2.22. The van der Waals surface area contributed by atoms with Gasteiger partial charge in [0, 0.05) is 23.9 Å². The van der Waals surface area contributed by atoms with Crippen molar-refractivity contribution in [3.05, 3.63) is 42.0 Å². The predicted octanol–water partition coefficient (Wildman–Crippen LogP) is 3.99. The first-order valence-electron chi connectivity index (χ1n) is 10.8. The fourth-order valence-corrected chi connectivity index (χ4v) is 3.10. The Kier molecular flexibility index (Phi) is 9.66. The number of methoxy groups -OCH3 is 1.